The summed E-state index contributed by atoms with van der Waals surface area (Å²) >= 11 is 9.13. The van der Waals surface area contributed by atoms with Crippen molar-refractivity contribution in [3.63, 3.8) is 0 Å². The van der Waals surface area contributed by atoms with Crippen molar-refractivity contribution in [3.05, 3.63) is 52.0 Å². The first-order chi connectivity index (χ1) is 14.9. The molecular weight excluding hydrogens is 478 g/mol. The van der Waals surface area contributed by atoms with Crippen molar-refractivity contribution in [2.75, 3.05) is 51.8 Å². The highest BCUT2D eigenvalue weighted by Crippen LogP contribution is 2.29. The molecule has 0 saturated carbocycles. The predicted octanol–water partition coefficient (Wildman–Crippen LogP) is 4.10. The molecule has 0 unspecified atom stereocenters. The van der Waals surface area contributed by atoms with Gasteiger partial charge in [-0.3, -0.25) is 4.79 Å². The number of carbonyl (C=O) groups is 1. The largest absolute Gasteiger partial charge is 0.490 e. The summed E-state index contributed by atoms with van der Waals surface area (Å²) < 4.78 is 12.5. The Balaban J connectivity index is 1.65. The topological polar surface area (TPSA) is 54.0 Å². The van der Waals surface area contributed by atoms with Gasteiger partial charge in [0.1, 0.15) is 4.99 Å². The summed E-state index contributed by atoms with van der Waals surface area (Å²) in [5.74, 6) is 0.878. The molecule has 1 saturated heterocycles. The average Bonchev–Trinajstić information content (AvgIpc) is 2.75. The summed E-state index contributed by atoms with van der Waals surface area (Å²) in [6.45, 7) is 8.04. The fourth-order valence-corrected chi connectivity index (χ4v) is 4.10. The first kappa shape index (κ1) is 23.5. The van der Waals surface area contributed by atoms with E-state index in [2.05, 4.69) is 38.1 Å². The maximum Gasteiger partial charge on any atom is 0.262 e. The molecule has 0 spiro atoms. The summed E-state index contributed by atoms with van der Waals surface area (Å²) in [5, 5.41) is 2.88. The van der Waals surface area contributed by atoms with Crippen LogP contribution in [0.25, 0.3) is 0 Å². The smallest absolute Gasteiger partial charge is 0.262 e. The Morgan fingerprint density at radius 1 is 1.10 bits per heavy atom. The Bertz CT molecular complexity index is 946. The number of amides is 1. The normalized spacial score (nSPS) is 14.3. The van der Waals surface area contributed by atoms with E-state index in [0.29, 0.717) is 18.1 Å². The molecule has 1 aliphatic rings. The van der Waals surface area contributed by atoms with Crippen molar-refractivity contribution in [1.82, 2.24) is 9.80 Å². The van der Waals surface area contributed by atoms with Crippen LogP contribution in [0.15, 0.2) is 40.9 Å². The van der Waals surface area contributed by atoms with Gasteiger partial charge in [-0.25, -0.2) is 0 Å². The molecule has 2 aromatic rings. The molecule has 3 rings (SSSR count). The van der Waals surface area contributed by atoms with Crippen molar-refractivity contribution in [1.29, 1.82) is 0 Å². The molecule has 0 bridgehead atoms. The second-order valence-corrected chi connectivity index (χ2v) is 8.79. The average molecular weight is 506 g/mol. The van der Waals surface area contributed by atoms with Crippen molar-refractivity contribution >= 4 is 44.7 Å². The molecule has 2 aromatic carbocycles. The minimum Gasteiger partial charge on any atom is -0.490 e. The highest BCUT2D eigenvalue weighted by molar-refractivity contribution is 9.10. The van der Waals surface area contributed by atoms with Gasteiger partial charge in [0, 0.05) is 41.9 Å². The highest BCUT2D eigenvalue weighted by Gasteiger charge is 2.19. The summed E-state index contributed by atoms with van der Waals surface area (Å²) in [6, 6.07) is 11.3. The van der Waals surface area contributed by atoms with Gasteiger partial charge in [-0.2, -0.15) is 0 Å². The first-order valence-corrected chi connectivity index (χ1v) is 11.5. The predicted molar refractivity (Wildman–Crippen MR) is 131 cm³/mol. The van der Waals surface area contributed by atoms with Crippen LogP contribution in [0.4, 0.5) is 5.69 Å². The Labute approximate surface area is 197 Å². The van der Waals surface area contributed by atoms with Crippen LogP contribution in [-0.2, 0) is 4.79 Å². The van der Waals surface area contributed by atoms with Crippen LogP contribution in [0.5, 0.6) is 11.5 Å². The number of carbonyl (C=O) groups excluding carboxylic acids is 1. The molecule has 1 fully saturated rings. The molecule has 0 radical (unpaired) electrons. The van der Waals surface area contributed by atoms with Crippen LogP contribution in [0.1, 0.15) is 18.1 Å². The lowest BCUT2D eigenvalue weighted by Gasteiger charge is -2.34. The number of aryl methyl sites for hydroxylation is 1. The maximum absolute atomic E-state index is 12.4. The number of benzene rings is 2. The lowest BCUT2D eigenvalue weighted by Crippen LogP contribution is -2.46. The van der Waals surface area contributed by atoms with Crippen molar-refractivity contribution in [3.8, 4) is 11.5 Å². The van der Waals surface area contributed by atoms with Crippen LogP contribution in [-0.4, -0.2) is 67.1 Å². The third-order valence-electron chi connectivity index (χ3n) is 5.10. The molecule has 1 heterocycles. The van der Waals surface area contributed by atoms with Crippen LogP contribution in [0.2, 0.25) is 0 Å². The van der Waals surface area contributed by atoms with Gasteiger partial charge in [0.2, 0.25) is 0 Å². The van der Waals surface area contributed by atoms with Crippen LogP contribution >= 0.6 is 28.1 Å². The number of thiocarbonyl (C=S) groups is 1. The van der Waals surface area contributed by atoms with Crippen LogP contribution in [0.3, 0.4) is 0 Å². The fourth-order valence-electron chi connectivity index (χ4n) is 3.32. The van der Waals surface area contributed by atoms with Gasteiger partial charge in [0.15, 0.2) is 18.1 Å². The minimum atomic E-state index is -0.232. The first-order valence-electron chi connectivity index (χ1n) is 10.3. The zero-order valence-corrected chi connectivity index (χ0v) is 20.5. The Kier molecular flexibility index (Phi) is 8.28. The van der Waals surface area contributed by atoms with E-state index in [1.807, 2.05) is 50.2 Å². The molecule has 8 heteroatoms. The monoisotopic (exact) mass is 505 g/mol. The molecular formula is C23H28BrN3O3S. The third-order valence-corrected chi connectivity index (χ3v) is 6.09. The number of likely N-dealkylation sites (N-methyl/N-ethyl adjacent to an activating group) is 1. The Hall–Kier alpha value is -2.16. The number of rotatable bonds is 7. The highest BCUT2D eigenvalue weighted by atomic mass is 79.9. The van der Waals surface area contributed by atoms with E-state index in [-0.39, 0.29) is 12.5 Å². The number of piperazine rings is 1. The summed E-state index contributed by atoms with van der Waals surface area (Å²) in [6.07, 6.45) is 0. The lowest BCUT2D eigenvalue weighted by atomic mass is 10.1. The SMILES string of the molecule is CCOc1cc(C(=S)N2CCN(C)CC2)ccc1OCC(=O)Nc1ccc(Br)cc1C. The zero-order valence-electron chi connectivity index (χ0n) is 18.1. The Morgan fingerprint density at radius 2 is 1.84 bits per heavy atom. The van der Waals surface area contributed by atoms with E-state index in [1.165, 1.54) is 0 Å². The summed E-state index contributed by atoms with van der Waals surface area (Å²) in [7, 11) is 2.12. The van der Waals surface area contributed by atoms with Gasteiger partial charge < -0.3 is 24.6 Å². The second kappa shape index (κ2) is 10.9. The number of nitrogens with one attached hydrogen (secondary N) is 1. The number of halogens is 1. The van der Waals surface area contributed by atoms with E-state index in [0.717, 1.165) is 52.5 Å². The van der Waals surface area contributed by atoms with Crippen LogP contribution < -0.4 is 14.8 Å². The van der Waals surface area contributed by atoms with Gasteiger partial charge in [-0.1, -0.05) is 28.1 Å². The molecule has 31 heavy (non-hydrogen) atoms. The van der Waals surface area contributed by atoms with Crippen molar-refractivity contribution in [2.24, 2.45) is 0 Å². The van der Waals surface area contributed by atoms with Gasteiger partial charge in [-0.15, -0.1) is 0 Å². The standard InChI is InChI=1S/C23H28BrN3O3S/c1-4-29-21-14-17(23(31)27-11-9-26(3)10-12-27)5-8-20(21)30-15-22(28)25-19-7-6-18(24)13-16(19)2/h5-8,13-14H,4,9-12,15H2,1-3H3,(H,25,28). The molecule has 0 aromatic heterocycles. The van der Waals surface area contributed by atoms with Gasteiger partial charge >= 0.3 is 0 Å². The molecule has 0 atom stereocenters. The van der Waals surface area contributed by atoms with Gasteiger partial charge in [0.25, 0.3) is 5.91 Å². The minimum absolute atomic E-state index is 0.113. The van der Waals surface area contributed by atoms with Crippen molar-refractivity contribution < 1.29 is 14.3 Å². The molecule has 166 valence electrons. The fraction of sp³-hybridized carbons (Fsp3) is 0.391. The summed E-state index contributed by atoms with van der Waals surface area (Å²) in [5.41, 5.74) is 2.65. The quantitative estimate of drug-likeness (QED) is 0.571. The molecule has 1 amide bonds. The third kappa shape index (κ3) is 6.41. The van der Waals surface area contributed by atoms with Gasteiger partial charge in [-0.05, 0) is 62.9 Å². The molecule has 1 aliphatic heterocycles. The number of anilines is 1. The summed E-state index contributed by atoms with van der Waals surface area (Å²) in [4.78, 5) is 17.7. The number of hydrogen-bond donors (Lipinski definition) is 1. The molecule has 1 N–H and O–H groups in total. The number of nitrogens with zero attached hydrogens (tertiary/aromatic N) is 2. The van der Waals surface area contributed by atoms with E-state index in [4.69, 9.17) is 21.7 Å². The number of hydrogen-bond acceptors (Lipinski definition) is 5. The zero-order chi connectivity index (χ0) is 22.4. The van der Waals surface area contributed by atoms with E-state index >= 15 is 0 Å². The van der Waals surface area contributed by atoms with Gasteiger partial charge in [0.05, 0.1) is 6.61 Å². The Morgan fingerprint density at radius 3 is 2.52 bits per heavy atom. The second-order valence-electron chi connectivity index (χ2n) is 7.49. The molecule has 6 nitrogen and oxygen atoms in total. The van der Waals surface area contributed by atoms with E-state index < -0.39 is 0 Å². The van der Waals surface area contributed by atoms with E-state index in [1.54, 1.807) is 0 Å². The number of ether oxygens (including phenoxy) is 2. The van der Waals surface area contributed by atoms with Crippen LogP contribution in [0, 0.1) is 6.92 Å². The lowest BCUT2D eigenvalue weighted by molar-refractivity contribution is -0.118. The maximum atomic E-state index is 12.4. The van der Waals surface area contributed by atoms with E-state index in [9.17, 15) is 4.79 Å². The molecule has 0 aliphatic carbocycles. The van der Waals surface area contributed by atoms with Crippen molar-refractivity contribution in [2.45, 2.75) is 13.8 Å².